The zero-order valence-corrected chi connectivity index (χ0v) is 11.5. The zero-order chi connectivity index (χ0) is 15.5. The molecule has 2 aromatic heterocycles. The second kappa shape index (κ2) is 5.72. The lowest BCUT2D eigenvalue weighted by Crippen LogP contribution is -2.18. The topological polar surface area (TPSA) is 86.7 Å². The van der Waals surface area contributed by atoms with E-state index in [2.05, 4.69) is 15.1 Å². The number of primary amides is 1. The van der Waals surface area contributed by atoms with Gasteiger partial charge < -0.3 is 5.73 Å². The molecule has 0 unspecified atom stereocenters. The minimum Gasteiger partial charge on any atom is -0.364 e. The first-order chi connectivity index (χ1) is 10.6. The van der Waals surface area contributed by atoms with Gasteiger partial charge in [-0.15, -0.1) is 0 Å². The molecule has 2 N–H and O–H groups in total. The Morgan fingerprint density at radius 1 is 1.18 bits per heavy atom. The average molecular weight is 297 g/mol. The molecule has 22 heavy (non-hydrogen) atoms. The third-order valence-electron chi connectivity index (χ3n) is 3.11. The van der Waals surface area contributed by atoms with Crippen molar-refractivity contribution in [3.05, 3.63) is 65.9 Å². The fraction of sp³-hybridized carbons (Fsp3) is 0.0667. The molecule has 1 aromatic carbocycles. The Bertz CT molecular complexity index is 816. The van der Waals surface area contributed by atoms with Crippen LogP contribution in [0.15, 0.2) is 48.8 Å². The van der Waals surface area contributed by atoms with Crippen molar-refractivity contribution in [2.45, 2.75) is 6.54 Å². The molecule has 0 aliphatic carbocycles. The van der Waals surface area contributed by atoms with Gasteiger partial charge in [0.05, 0.1) is 6.54 Å². The summed E-state index contributed by atoms with van der Waals surface area (Å²) in [7, 11) is 0. The summed E-state index contributed by atoms with van der Waals surface area (Å²) in [6.07, 6.45) is 3.14. The lowest BCUT2D eigenvalue weighted by Gasteiger charge is -2.06. The Hall–Kier alpha value is -3.09. The van der Waals surface area contributed by atoms with Gasteiger partial charge in [0, 0.05) is 24.0 Å². The highest BCUT2D eigenvalue weighted by Crippen LogP contribution is 2.16. The zero-order valence-electron chi connectivity index (χ0n) is 11.5. The summed E-state index contributed by atoms with van der Waals surface area (Å²) in [4.78, 5) is 19.7. The second-order valence-electron chi connectivity index (χ2n) is 4.60. The van der Waals surface area contributed by atoms with Gasteiger partial charge in [0.15, 0.2) is 5.82 Å². The van der Waals surface area contributed by atoms with Crippen LogP contribution in [0.2, 0.25) is 0 Å². The van der Waals surface area contributed by atoms with Crippen LogP contribution in [0.4, 0.5) is 4.39 Å². The van der Waals surface area contributed by atoms with Crippen molar-refractivity contribution in [3.63, 3.8) is 0 Å². The van der Waals surface area contributed by atoms with Crippen LogP contribution < -0.4 is 5.73 Å². The summed E-state index contributed by atoms with van der Waals surface area (Å²) in [5.41, 5.74) is 6.35. The van der Waals surface area contributed by atoms with Gasteiger partial charge in [-0.2, -0.15) is 5.10 Å². The van der Waals surface area contributed by atoms with E-state index in [1.54, 1.807) is 36.7 Å². The van der Waals surface area contributed by atoms with E-state index in [-0.39, 0.29) is 18.1 Å². The Morgan fingerprint density at radius 2 is 1.91 bits per heavy atom. The molecule has 0 aliphatic rings. The number of hydrogen-bond donors (Lipinski definition) is 1. The quantitative estimate of drug-likeness (QED) is 0.793. The SMILES string of the molecule is NC(=O)c1cc(-c2ncccn2)nn1Cc1ccccc1F. The predicted molar refractivity (Wildman–Crippen MR) is 77.3 cm³/mol. The number of amides is 1. The molecule has 6 nitrogen and oxygen atoms in total. The Labute approximate surface area is 125 Å². The van der Waals surface area contributed by atoms with Crippen LogP contribution in [-0.4, -0.2) is 25.7 Å². The van der Waals surface area contributed by atoms with E-state index in [1.807, 2.05) is 0 Å². The number of benzene rings is 1. The molecule has 0 bridgehead atoms. The highest BCUT2D eigenvalue weighted by molar-refractivity contribution is 5.92. The molecule has 0 saturated carbocycles. The number of carbonyl (C=O) groups is 1. The smallest absolute Gasteiger partial charge is 0.267 e. The fourth-order valence-corrected chi connectivity index (χ4v) is 2.06. The molecule has 1 amide bonds. The molecular formula is C15H12FN5O. The van der Waals surface area contributed by atoms with Crippen LogP contribution in [0.25, 0.3) is 11.5 Å². The molecule has 7 heteroatoms. The average Bonchev–Trinajstić information content (AvgIpc) is 2.95. The molecule has 3 rings (SSSR count). The molecule has 0 aliphatic heterocycles. The summed E-state index contributed by atoms with van der Waals surface area (Å²) >= 11 is 0. The van der Waals surface area contributed by atoms with E-state index in [9.17, 15) is 9.18 Å². The van der Waals surface area contributed by atoms with E-state index in [0.717, 1.165) is 0 Å². The third kappa shape index (κ3) is 2.69. The van der Waals surface area contributed by atoms with Crippen molar-refractivity contribution >= 4 is 5.91 Å². The van der Waals surface area contributed by atoms with Gasteiger partial charge in [-0.05, 0) is 12.1 Å². The molecule has 110 valence electrons. The van der Waals surface area contributed by atoms with E-state index in [0.29, 0.717) is 17.1 Å². The molecule has 0 saturated heterocycles. The maximum absolute atomic E-state index is 13.8. The molecule has 3 aromatic rings. The number of halogens is 1. The van der Waals surface area contributed by atoms with Gasteiger partial charge in [-0.1, -0.05) is 18.2 Å². The largest absolute Gasteiger partial charge is 0.364 e. The maximum atomic E-state index is 13.8. The van der Waals surface area contributed by atoms with Crippen molar-refractivity contribution in [1.82, 2.24) is 19.7 Å². The van der Waals surface area contributed by atoms with Crippen molar-refractivity contribution in [2.75, 3.05) is 0 Å². The predicted octanol–water partition coefficient (Wildman–Crippen LogP) is 1.63. The number of rotatable bonds is 4. The third-order valence-corrected chi connectivity index (χ3v) is 3.11. The van der Waals surface area contributed by atoms with Crippen LogP contribution in [0.3, 0.4) is 0 Å². The monoisotopic (exact) mass is 297 g/mol. The highest BCUT2D eigenvalue weighted by Gasteiger charge is 2.16. The number of hydrogen-bond acceptors (Lipinski definition) is 4. The van der Waals surface area contributed by atoms with Gasteiger partial charge in [0.25, 0.3) is 5.91 Å². The molecule has 0 radical (unpaired) electrons. The van der Waals surface area contributed by atoms with Gasteiger partial charge in [0.1, 0.15) is 17.2 Å². The van der Waals surface area contributed by atoms with Crippen molar-refractivity contribution in [2.24, 2.45) is 5.73 Å². The minimum absolute atomic E-state index is 0.0950. The number of nitrogens with zero attached hydrogens (tertiary/aromatic N) is 4. The van der Waals surface area contributed by atoms with Gasteiger partial charge >= 0.3 is 0 Å². The van der Waals surface area contributed by atoms with E-state index < -0.39 is 5.91 Å². The fourth-order valence-electron chi connectivity index (χ4n) is 2.06. The summed E-state index contributed by atoms with van der Waals surface area (Å²) in [5, 5.41) is 4.26. The summed E-state index contributed by atoms with van der Waals surface area (Å²) in [6.45, 7) is 0.0950. The van der Waals surface area contributed by atoms with E-state index in [1.165, 1.54) is 16.8 Å². The molecule has 2 heterocycles. The Kier molecular flexibility index (Phi) is 3.61. The van der Waals surface area contributed by atoms with Crippen molar-refractivity contribution in [3.8, 4) is 11.5 Å². The summed E-state index contributed by atoms with van der Waals surface area (Å²) in [5.74, 6) is -0.644. The maximum Gasteiger partial charge on any atom is 0.267 e. The highest BCUT2D eigenvalue weighted by atomic mass is 19.1. The van der Waals surface area contributed by atoms with Crippen LogP contribution in [0, 0.1) is 5.82 Å². The second-order valence-corrected chi connectivity index (χ2v) is 4.60. The van der Waals surface area contributed by atoms with Gasteiger partial charge in [-0.25, -0.2) is 14.4 Å². The molecule has 0 atom stereocenters. The lowest BCUT2D eigenvalue weighted by atomic mass is 10.2. The van der Waals surface area contributed by atoms with Crippen molar-refractivity contribution < 1.29 is 9.18 Å². The van der Waals surface area contributed by atoms with Crippen molar-refractivity contribution in [1.29, 1.82) is 0 Å². The lowest BCUT2D eigenvalue weighted by molar-refractivity contribution is 0.0990. The van der Waals surface area contributed by atoms with E-state index >= 15 is 0 Å². The molecule has 0 fully saturated rings. The molecular weight excluding hydrogens is 285 g/mol. The number of aromatic nitrogens is 4. The Balaban J connectivity index is 2.02. The number of nitrogens with two attached hydrogens (primary N) is 1. The normalized spacial score (nSPS) is 10.6. The van der Waals surface area contributed by atoms with Crippen LogP contribution in [0.5, 0.6) is 0 Å². The van der Waals surface area contributed by atoms with Gasteiger partial charge in [0.2, 0.25) is 0 Å². The van der Waals surface area contributed by atoms with Crippen LogP contribution in [-0.2, 0) is 6.54 Å². The first-order valence-electron chi connectivity index (χ1n) is 6.53. The standard InChI is InChI=1S/C15H12FN5O/c16-11-5-2-1-4-10(11)9-21-13(14(17)22)8-12(20-21)15-18-6-3-7-19-15/h1-8H,9H2,(H2,17,22). The molecule has 0 spiro atoms. The summed E-state index contributed by atoms with van der Waals surface area (Å²) in [6, 6.07) is 9.46. The van der Waals surface area contributed by atoms with Crippen LogP contribution >= 0.6 is 0 Å². The Morgan fingerprint density at radius 3 is 2.59 bits per heavy atom. The first kappa shape index (κ1) is 13.9. The number of carbonyl (C=O) groups excluding carboxylic acids is 1. The van der Waals surface area contributed by atoms with Gasteiger partial charge in [-0.3, -0.25) is 9.48 Å². The first-order valence-corrected chi connectivity index (χ1v) is 6.53. The minimum atomic E-state index is -0.647. The summed E-state index contributed by atoms with van der Waals surface area (Å²) < 4.78 is 15.1. The van der Waals surface area contributed by atoms with E-state index in [4.69, 9.17) is 5.73 Å². The van der Waals surface area contributed by atoms with Crippen LogP contribution in [0.1, 0.15) is 16.1 Å².